The summed E-state index contributed by atoms with van der Waals surface area (Å²) < 4.78 is 31.7. The smallest absolute Gasteiger partial charge is 0.490 e. The van der Waals surface area contributed by atoms with E-state index in [0.29, 0.717) is 11.3 Å². The molecule has 0 radical (unpaired) electrons. The molecule has 3 N–H and O–H groups in total. The Bertz CT molecular complexity index is 1490. The number of carbonyl (C=O) groups is 2. The van der Waals surface area contributed by atoms with Crippen LogP contribution >= 0.6 is 0 Å². The highest BCUT2D eigenvalue weighted by atomic mass is 19.4. The van der Waals surface area contributed by atoms with Crippen molar-refractivity contribution in [3.05, 3.63) is 120 Å². The zero-order valence-electron chi connectivity index (χ0n) is 23.3. The lowest BCUT2D eigenvalue weighted by Crippen LogP contribution is -2.45. The van der Waals surface area contributed by atoms with Gasteiger partial charge in [-0.2, -0.15) is 13.2 Å². The molecule has 5 rings (SSSR count). The van der Waals surface area contributed by atoms with Gasteiger partial charge in [0.15, 0.2) is 0 Å². The Kier molecular flexibility index (Phi) is 10.5. The second-order valence-corrected chi connectivity index (χ2v) is 10.1. The Labute approximate surface area is 247 Å². The van der Waals surface area contributed by atoms with Crippen LogP contribution in [0.15, 0.2) is 103 Å². The van der Waals surface area contributed by atoms with Crippen LogP contribution in [-0.2, 0) is 17.9 Å². The summed E-state index contributed by atoms with van der Waals surface area (Å²) in [5.41, 5.74) is 6.11. The van der Waals surface area contributed by atoms with Gasteiger partial charge in [0, 0.05) is 50.5 Å². The number of aliphatic carboxylic acids is 1. The topological polar surface area (TPSA) is 93.1 Å². The van der Waals surface area contributed by atoms with Crippen molar-refractivity contribution < 1.29 is 33.0 Å². The lowest BCUT2D eigenvalue weighted by atomic mass is 10.0. The van der Waals surface area contributed by atoms with Crippen molar-refractivity contribution >= 4 is 17.6 Å². The minimum atomic E-state index is -5.08. The highest BCUT2D eigenvalue weighted by molar-refractivity contribution is 6.04. The Hall–Kier alpha value is -4.67. The third-order valence-electron chi connectivity index (χ3n) is 6.90. The first kappa shape index (κ1) is 31.3. The van der Waals surface area contributed by atoms with Crippen LogP contribution in [0.5, 0.6) is 5.75 Å². The number of rotatable bonds is 7. The van der Waals surface area contributed by atoms with Crippen LogP contribution in [-0.4, -0.2) is 64.2 Å². The highest BCUT2D eigenvalue weighted by Crippen LogP contribution is 2.21. The van der Waals surface area contributed by atoms with E-state index in [-0.39, 0.29) is 5.91 Å². The normalized spacial score (nSPS) is 13.9. The van der Waals surface area contributed by atoms with E-state index < -0.39 is 12.1 Å². The van der Waals surface area contributed by atoms with Crippen molar-refractivity contribution in [2.24, 2.45) is 0 Å². The summed E-state index contributed by atoms with van der Waals surface area (Å²) in [6, 6.07) is 33.5. The predicted molar refractivity (Wildman–Crippen MR) is 159 cm³/mol. The molecule has 0 atom stereocenters. The number of hydrogen-bond donors (Lipinski definition) is 3. The van der Waals surface area contributed by atoms with Gasteiger partial charge in [-0.25, -0.2) is 4.79 Å². The highest BCUT2D eigenvalue weighted by Gasteiger charge is 2.38. The number of benzene rings is 4. The summed E-state index contributed by atoms with van der Waals surface area (Å²) in [6.07, 6.45) is -5.08. The van der Waals surface area contributed by atoms with Gasteiger partial charge < -0.3 is 15.5 Å². The fourth-order valence-corrected chi connectivity index (χ4v) is 4.62. The van der Waals surface area contributed by atoms with Gasteiger partial charge in [0.1, 0.15) is 5.75 Å². The minimum Gasteiger partial charge on any atom is -0.508 e. The molecule has 0 bridgehead atoms. The SMILES string of the molecule is O=C(Nc1cccc(CN2CCN(Cc3ccc(O)cc3)CC2)c1)c1ccc(-c2ccccc2)cc1.O=C(O)C(F)(F)F. The Morgan fingerprint density at radius 1 is 0.698 bits per heavy atom. The summed E-state index contributed by atoms with van der Waals surface area (Å²) in [4.78, 5) is 26.6. The van der Waals surface area contributed by atoms with Crippen molar-refractivity contribution in [2.45, 2.75) is 19.3 Å². The molecule has 0 spiro atoms. The van der Waals surface area contributed by atoms with Crippen LogP contribution in [0.1, 0.15) is 21.5 Å². The number of phenolic OH excluding ortho intramolecular Hbond substituents is 1. The summed E-state index contributed by atoms with van der Waals surface area (Å²) >= 11 is 0. The molecule has 4 aromatic rings. The van der Waals surface area contributed by atoms with Crippen LogP contribution in [0, 0.1) is 0 Å². The summed E-state index contributed by atoms with van der Waals surface area (Å²) in [5, 5.41) is 19.6. The first-order valence-electron chi connectivity index (χ1n) is 13.7. The molecule has 10 heteroatoms. The van der Waals surface area contributed by atoms with E-state index in [9.17, 15) is 23.1 Å². The van der Waals surface area contributed by atoms with E-state index in [0.717, 1.165) is 56.1 Å². The number of piperazine rings is 1. The number of halogens is 3. The molecule has 1 heterocycles. The number of amides is 1. The molecular formula is C33H32F3N3O4. The number of carbonyl (C=O) groups excluding carboxylic acids is 1. The number of carboxylic acids is 1. The van der Waals surface area contributed by atoms with Crippen molar-refractivity contribution in [3.63, 3.8) is 0 Å². The molecule has 1 aliphatic rings. The fraction of sp³-hybridized carbons (Fsp3) is 0.212. The van der Waals surface area contributed by atoms with E-state index in [1.54, 1.807) is 12.1 Å². The second-order valence-electron chi connectivity index (χ2n) is 10.1. The van der Waals surface area contributed by atoms with E-state index in [1.165, 1.54) is 11.1 Å². The van der Waals surface area contributed by atoms with E-state index in [4.69, 9.17) is 9.90 Å². The molecule has 7 nitrogen and oxygen atoms in total. The van der Waals surface area contributed by atoms with Gasteiger partial charge in [-0.15, -0.1) is 0 Å². The minimum absolute atomic E-state index is 0.102. The van der Waals surface area contributed by atoms with Crippen LogP contribution in [0.4, 0.5) is 18.9 Å². The molecule has 1 amide bonds. The standard InChI is InChI=1S/C31H31N3O2.C2HF3O2/c35-30-15-9-24(10-16-30)22-33-17-19-34(20-18-33)23-25-5-4-8-29(21-25)32-31(36)28-13-11-27(12-14-28)26-6-2-1-3-7-26;3-2(4,5)1(6)7/h1-16,21,35H,17-20,22-23H2,(H,32,36);(H,6,7). The average molecular weight is 592 g/mol. The van der Waals surface area contributed by atoms with Crippen LogP contribution in [0.25, 0.3) is 11.1 Å². The number of carboxylic acid groups (broad SMARTS) is 1. The van der Waals surface area contributed by atoms with Crippen molar-refractivity contribution in [1.29, 1.82) is 0 Å². The number of hydrogen-bond acceptors (Lipinski definition) is 5. The quantitative estimate of drug-likeness (QED) is 0.235. The van der Waals surface area contributed by atoms with E-state index in [1.807, 2.05) is 66.7 Å². The lowest BCUT2D eigenvalue weighted by Gasteiger charge is -2.34. The first-order chi connectivity index (χ1) is 20.6. The van der Waals surface area contributed by atoms with Crippen molar-refractivity contribution in [3.8, 4) is 16.9 Å². The average Bonchev–Trinajstić information content (AvgIpc) is 3.00. The molecule has 0 unspecified atom stereocenters. The van der Waals surface area contributed by atoms with E-state index >= 15 is 0 Å². The Balaban J connectivity index is 0.000000541. The fourth-order valence-electron chi connectivity index (χ4n) is 4.62. The Morgan fingerprint density at radius 3 is 1.79 bits per heavy atom. The molecule has 43 heavy (non-hydrogen) atoms. The molecule has 1 fully saturated rings. The number of nitrogens with zero attached hydrogens (tertiary/aromatic N) is 2. The summed E-state index contributed by atoms with van der Waals surface area (Å²) in [6.45, 7) is 5.79. The molecule has 224 valence electrons. The number of anilines is 1. The maximum atomic E-state index is 12.8. The van der Waals surface area contributed by atoms with Crippen molar-refractivity contribution in [2.75, 3.05) is 31.5 Å². The lowest BCUT2D eigenvalue weighted by molar-refractivity contribution is -0.192. The van der Waals surface area contributed by atoms with Gasteiger partial charge in [-0.1, -0.05) is 66.7 Å². The predicted octanol–water partition coefficient (Wildman–Crippen LogP) is 6.26. The zero-order valence-corrected chi connectivity index (χ0v) is 23.3. The molecule has 0 saturated carbocycles. The van der Waals surface area contributed by atoms with Gasteiger partial charge in [0.25, 0.3) is 5.91 Å². The molecule has 4 aromatic carbocycles. The van der Waals surface area contributed by atoms with Crippen molar-refractivity contribution in [1.82, 2.24) is 9.80 Å². The van der Waals surface area contributed by atoms with Crippen LogP contribution < -0.4 is 5.32 Å². The molecule has 0 aromatic heterocycles. The maximum absolute atomic E-state index is 12.8. The van der Waals surface area contributed by atoms with Crippen LogP contribution in [0.3, 0.4) is 0 Å². The zero-order chi connectivity index (χ0) is 30.8. The summed E-state index contributed by atoms with van der Waals surface area (Å²) in [7, 11) is 0. The van der Waals surface area contributed by atoms with Crippen LogP contribution in [0.2, 0.25) is 0 Å². The second kappa shape index (κ2) is 14.5. The first-order valence-corrected chi connectivity index (χ1v) is 13.7. The van der Waals surface area contributed by atoms with E-state index in [2.05, 4.69) is 39.4 Å². The monoisotopic (exact) mass is 591 g/mol. The molecule has 1 aliphatic heterocycles. The number of aromatic hydroxyl groups is 1. The number of phenols is 1. The van der Waals surface area contributed by atoms with Gasteiger partial charge in [0.2, 0.25) is 0 Å². The number of alkyl halides is 3. The number of nitrogens with one attached hydrogen (secondary N) is 1. The van der Waals surface area contributed by atoms with Gasteiger partial charge in [-0.3, -0.25) is 14.6 Å². The maximum Gasteiger partial charge on any atom is 0.490 e. The third-order valence-corrected chi connectivity index (χ3v) is 6.90. The Morgan fingerprint density at radius 2 is 1.23 bits per heavy atom. The third kappa shape index (κ3) is 9.69. The molecule has 1 saturated heterocycles. The van der Waals surface area contributed by atoms with Gasteiger partial charge in [-0.05, 0) is 58.7 Å². The van der Waals surface area contributed by atoms with Gasteiger partial charge in [0.05, 0.1) is 0 Å². The molecular weight excluding hydrogens is 559 g/mol. The summed E-state index contributed by atoms with van der Waals surface area (Å²) in [5.74, 6) is -2.55. The molecule has 0 aliphatic carbocycles. The largest absolute Gasteiger partial charge is 0.508 e. The van der Waals surface area contributed by atoms with Gasteiger partial charge >= 0.3 is 12.1 Å².